The fraction of sp³-hybridized carbons (Fsp3) is 0.150. The summed E-state index contributed by atoms with van der Waals surface area (Å²) in [6.45, 7) is 3.26. The van der Waals surface area contributed by atoms with Gasteiger partial charge in [0, 0.05) is 0 Å². The standard InChI is InChI=1S/C20H17FN2O3/c1-13-7-9-15(10-8-13)11-16(12-22)20(25)26-14(2)19(24)23-18-6-4-3-5-17(18)21/h3-11,14H,1-2H3,(H,23,24)/b16-11+/t14-/m0/s1. The molecule has 0 saturated heterocycles. The van der Waals surface area contributed by atoms with E-state index in [0.717, 1.165) is 5.56 Å². The number of esters is 1. The van der Waals surface area contributed by atoms with E-state index in [9.17, 15) is 14.0 Å². The van der Waals surface area contributed by atoms with Crippen molar-refractivity contribution in [3.8, 4) is 6.07 Å². The van der Waals surface area contributed by atoms with Gasteiger partial charge in [-0.1, -0.05) is 42.0 Å². The van der Waals surface area contributed by atoms with Crippen LogP contribution in [0.2, 0.25) is 0 Å². The first-order valence-corrected chi connectivity index (χ1v) is 7.85. The monoisotopic (exact) mass is 352 g/mol. The topological polar surface area (TPSA) is 79.2 Å². The summed E-state index contributed by atoms with van der Waals surface area (Å²) in [5.74, 6) is -2.23. The zero-order chi connectivity index (χ0) is 19.1. The average molecular weight is 352 g/mol. The number of rotatable bonds is 5. The van der Waals surface area contributed by atoms with Crippen LogP contribution in [-0.4, -0.2) is 18.0 Å². The van der Waals surface area contributed by atoms with E-state index in [0.29, 0.717) is 5.56 Å². The number of para-hydroxylation sites is 1. The number of aryl methyl sites for hydroxylation is 1. The summed E-state index contributed by atoms with van der Waals surface area (Å²) in [6.07, 6.45) is 0.181. The molecule has 26 heavy (non-hydrogen) atoms. The Kier molecular flexibility index (Phi) is 6.23. The number of nitrogens with zero attached hydrogens (tertiary/aromatic N) is 1. The Morgan fingerprint density at radius 1 is 1.19 bits per heavy atom. The Hall–Kier alpha value is -3.46. The molecule has 0 aliphatic rings. The molecule has 0 aliphatic heterocycles. The van der Waals surface area contributed by atoms with Crippen LogP contribution in [0.4, 0.5) is 10.1 Å². The number of carbonyl (C=O) groups is 2. The Bertz CT molecular complexity index is 883. The molecule has 0 saturated carbocycles. The van der Waals surface area contributed by atoms with Crippen molar-refractivity contribution in [2.24, 2.45) is 0 Å². The molecule has 2 rings (SSSR count). The van der Waals surface area contributed by atoms with Gasteiger partial charge >= 0.3 is 5.97 Å². The van der Waals surface area contributed by atoms with Gasteiger partial charge in [-0.25, -0.2) is 9.18 Å². The van der Waals surface area contributed by atoms with E-state index in [-0.39, 0.29) is 11.3 Å². The Balaban J connectivity index is 2.04. The number of hydrogen-bond acceptors (Lipinski definition) is 4. The normalized spacial score (nSPS) is 12.0. The third-order valence-corrected chi connectivity index (χ3v) is 3.51. The maximum atomic E-state index is 13.6. The largest absolute Gasteiger partial charge is 0.448 e. The quantitative estimate of drug-likeness (QED) is 0.506. The molecule has 5 nitrogen and oxygen atoms in total. The molecule has 0 radical (unpaired) electrons. The molecule has 0 spiro atoms. The molecule has 0 bridgehead atoms. The summed E-state index contributed by atoms with van der Waals surface area (Å²) in [5, 5.41) is 11.5. The van der Waals surface area contributed by atoms with Gasteiger partial charge in [-0.3, -0.25) is 4.79 Å². The van der Waals surface area contributed by atoms with Gasteiger partial charge in [0.1, 0.15) is 17.5 Å². The summed E-state index contributed by atoms with van der Waals surface area (Å²) in [4.78, 5) is 24.2. The lowest BCUT2D eigenvalue weighted by molar-refractivity contribution is -0.148. The molecular weight excluding hydrogens is 335 g/mol. The molecule has 1 amide bonds. The SMILES string of the molecule is Cc1ccc(/C=C(\C#N)C(=O)O[C@@H](C)C(=O)Nc2ccccc2F)cc1. The van der Waals surface area contributed by atoms with Gasteiger partial charge < -0.3 is 10.1 Å². The van der Waals surface area contributed by atoms with Crippen LogP contribution in [-0.2, 0) is 14.3 Å². The number of amides is 1. The minimum absolute atomic E-state index is 0.0175. The van der Waals surface area contributed by atoms with Crippen molar-refractivity contribution in [1.82, 2.24) is 0 Å². The van der Waals surface area contributed by atoms with Crippen LogP contribution >= 0.6 is 0 Å². The van der Waals surface area contributed by atoms with Crippen LogP contribution < -0.4 is 5.32 Å². The molecule has 0 unspecified atom stereocenters. The Morgan fingerprint density at radius 2 is 1.85 bits per heavy atom. The number of hydrogen-bond donors (Lipinski definition) is 1. The molecule has 2 aromatic rings. The van der Waals surface area contributed by atoms with Gasteiger partial charge in [-0.05, 0) is 37.6 Å². The van der Waals surface area contributed by atoms with E-state index in [1.807, 2.05) is 19.1 Å². The van der Waals surface area contributed by atoms with Crippen molar-refractivity contribution in [3.63, 3.8) is 0 Å². The molecule has 2 aromatic carbocycles. The lowest BCUT2D eigenvalue weighted by atomic mass is 10.1. The molecule has 0 aliphatic carbocycles. The second-order valence-corrected chi connectivity index (χ2v) is 5.60. The average Bonchev–Trinajstić information content (AvgIpc) is 2.62. The first kappa shape index (κ1) is 18.9. The van der Waals surface area contributed by atoms with Crippen molar-refractivity contribution < 1.29 is 18.7 Å². The third kappa shape index (κ3) is 5.02. The van der Waals surface area contributed by atoms with Crippen LogP contribution in [0.3, 0.4) is 0 Å². The molecule has 1 atom stereocenters. The van der Waals surface area contributed by atoms with Crippen molar-refractivity contribution in [1.29, 1.82) is 5.26 Å². The van der Waals surface area contributed by atoms with E-state index < -0.39 is 23.8 Å². The number of carbonyl (C=O) groups excluding carboxylic acids is 2. The number of nitriles is 1. The predicted molar refractivity (Wildman–Crippen MR) is 95.4 cm³/mol. The molecule has 1 N–H and O–H groups in total. The Morgan fingerprint density at radius 3 is 2.46 bits per heavy atom. The van der Waals surface area contributed by atoms with Gasteiger partial charge in [0.25, 0.3) is 5.91 Å². The fourth-order valence-electron chi connectivity index (χ4n) is 2.04. The van der Waals surface area contributed by atoms with E-state index in [1.54, 1.807) is 24.3 Å². The fourth-order valence-corrected chi connectivity index (χ4v) is 2.04. The van der Waals surface area contributed by atoms with Crippen LogP contribution in [0.25, 0.3) is 6.08 Å². The van der Waals surface area contributed by atoms with E-state index in [2.05, 4.69) is 5.32 Å². The third-order valence-electron chi connectivity index (χ3n) is 3.51. The predicted octanol–water partition coefficient (Wildman–Crippen LogP) is 3.61. The smallest absolute Gasteiger partial charge is 0.349 e. The highest BCUT2D eigenvalue weighted by Gasteiger charge is 2.21. The lowest BCUT2D eigenvalue weighted by Gasteiger charge is -2.13. The van der Waals surface area contributed by atoms with E-state index in [4.69, 9.17) is 10.00 Å². The maximum Gasteiger partial charge on any atom is 0.349 e. The molecule has 0 aromatic heterocycles. The second-order valence-electron chi connectivity index (χ2n) is 5.60. The summed E-state index contributed by atoms with van der Waals surface area (Å²) < 4.78 is 18.6. The lowest BCUT2D eigenvalue weighted by Crippen LogP contribution is -2.30. The maximum absolute atomic E-state index is 13.6. The van der Waals surface area contributed by atoms with Crippen LogP contribution in [0.1, 0.15) is 18.1 Å². The number of benzene rings is 2. The van der Waals surface area contributed by atoms with Crippen molar-refractivity contribution in [3.05, 3.63) is 71.0 Å². The van der Waals surface area contributed by atoms with Crippen LogP contribution in [0, 0.1) is 24.1 Å². The minimum Gasteiger partial charge on any atom is -0.448 e. The molecule has 0 heterocycles. The number of nitrogens with one attached hydrogen (secondary N) is 1. The molecule has 0 fully saturated rings. The zero-order valence-electron chi connectivity index (χ0n) is 14.3. The summed E-state index contributed by atoms with van der Waals surface area (Å²) in [7, 11) is 0. The summed E-state index contributed by atoms with van der Waals surface area (Å²) >= 11 is 0. The van der Waals surface area contributed by atoms with Crippen molar-refractivity contribution in [2.45, 2.75) is 20.0 Å². The van der Waals surface area contributed by atoms with Crippen molar-refractivity contribution >= 4 is 23.6 Å². The van der Waals surface area contributed by atoms with E-state index in [1.165, 1.54) is 31.2 Å². The molecule has 132 valence electrons. The highest BCUT2D eigenvalue weighted by molar-refractivity contribution is 6.01. The van der Waals surface area contributed by atoms with Gasteiger partial charge in [0.05, 0.1) is 5.69 Å². The van der Waals surface area contributed by atoms with Gasteiger partial charge in [-0.15, -0.1) is 0 Å². The Labute approximate surface area is 150 Å². The van der Waals surface area contributed by atoms with Gasteiger partial charge in [-0.2, -0.15) is 5.26 Å². The first-order valence-electron chi connectivity index (χ1n) is 7.85. The molecular formula is C20H17FN2O3. The second kappa shape index (κ2) is 8.58. The van der Waals surface area contributed by atoms with Gasteiger partial charge in [0.2, 0.25) is 0 Å². The highest BCUT2D eigenvalue weighted by atomic mass is 19.1. The van der Waals surface area contributed by atoms with Crippen molar-refractivity contribution in [2.75, 3.05) is 5.32 Å². The number of halogens is 1. The number of ether oxygens (including phenoxy) is 1. The zero-order valence-corrected chi connectivity index (χ0v) is 14.3. The van der Waals surface area contributed by atoms with Crippen LogP contribution in [0.5, 0.6) is 0 Å². The van der Waals surface area contributed by atoms with Crippen LogP contribution in [0.15, 0.2) is 54.1 Å². The summed E-state index contributed by atoms with van der Waals surface area (Å²) in [5.41, 5.74) is 1.45. The highest BCUT2D eigenvalue weighted by Crippen LogP contribution is 2.14. The first-order chi connectivity index (χ1) is 12.4. The summed E-state index contributed by atoms with van der Waals surface area (Å²) in [6, 6.07) is 14.6. The minimum atomic E-state index is -1.20. The molecule has 6 heteroatoms. The number of anilines is 1. The van der Waals surface area contributed by atoms with Gasteiger partial charge in [0.15, 0.2) is 6.10 Å². The van der Waals surface area contributed by atoms with E-state index >= 15 is 0 Å².